The van der Waals surface area contributed by atoms with Crippen LogP contribution in [0, 0.1) is 0 Å². The molecule has 76 valence electrons. The van der Waals surface area contributed by atoms with Crippen LogP contribution in [0.3, 0.4) is 0 Å². The molecule has 0 bridgehead atoms. The lowest BCUT2D eigenvalue weighted by atomic mass is 10.3. The summed E-state index contributed by atoms with van der Waals surface area (Å²) in [6.07, 6.45) is 3.21. The van der Waals surface area contributed by atoms with E-state index in [9.17, 15) is 4.79 Å². The molecule has 1 amide bonds. The predicted molar refractivity (Wildman–Crippen MR) is 56.2 cm³/mol. The molecule has 1 aliphatic rings. The number of nitrogens with one attached hydrogen (secondary N) is 1. The van der Waals surface area contributed by atoms with Gasteiger partial charge in [0.2, 0.25) is 5.91 Å². The Morgan fingerprint density at radius 1 is 1.71 bits per heavy atom. The molecule has 0 saturated carbocycles. The number of likely N-dealkylation sites (tertiary alicyclic amines) is 1. The summed E-state index contributed by atoms with van der Waals surface area (Å²) < 4.78 is 0. The zero-order valence-electron chi connectivity index (χ0n) is 7.74. The highest BCUT2D eigenvalue weighted by Crippen LogP contribution is 2.17. The topological polar surface area (TPSA) is 49.0 Å². The van der Waals surface area contributed by atoms with Crippen molar-refractivity contribution in [2.75, 3.05) is 13.1 Å². The average molecular weight is 258 g/mol. The van der Waals surface area contributed by atoms with E-state index in [1.54, 1.807) is 6.20 Å². The minimum absolute atomic E-state index is 0.242. The fraction of sp³-hybridized carbons (Fsp3) is 0.556. The van der Waals surface area contributed by atoms with E-state index >= 15 is 0 Å². The van der Waals surface area contributed by atoms with Gasteiger partial charge in [-0.25, -0.2) is 0 Å². The van der Waals surface area contributed by atoms with E-state index in [-0.39, 0.29) is 5.91 Å². The zero-order valence-corrected chi connectivity index (χ0v) is 9.33. The lowest BCUT2D eigenvalue weighted by Gasteiger charge is -2.14. The third kappa shape index (κ3) is 2.15. The number of carbonyl (C=O) groups excluding carboxylic acids is 1. The van der Waals surface area contributed by atoms with Gasteiger partial charge < -0.3 is 4.90 Å². The van der Waals surface area contributed by atoms with Crippen molar-refractivity contribution in [2.45, 2.75) is 17.7 Å². The molecule has 1 unspecified atom stereocenters. The van der Waals surface area contributed by atoms with Crippen LogP contribution in [0.25, 0.3) is 0 Å². The molecule has 4 nitrogen and oxygen atoms in total. The number of amides is 1. The molecule has 0 spiro atoms. The highest BCUT2D eigenvalue weighted by molar-refractivity contribution is 9.09. The Morgan fingerprint density at radius 3 is 3.14 bits per heavy atom. The second-order valence-corrected chi connectivity index (χ2v) is 4.77. The van der Waals surface area contributed by atoms with Crippen LogP contribution < -0.4 is 0 Å². The zero-order chi connectivity index (χ0) is 9.97. The van der Waals surface area contributed by atoms with Gasteiger partial charge >= 0.3 is 0 Å². The average Bonchev–Trinajstić information content (AvgIpc) is 2.72. The predicted octanol–water partition coefficient (Wildman–Crippen LogP) is 0.948. The highest BCUT2D eigenvalue weighted by Gasteiger charge is 2.26. The van der Waals surface area contributed by atoms with Gasteiger partial charge in [-0.3, -0.25) is 9.89 Å². The Bertz CT molecular complexity index is 312. The SMILES string of the molecule is O=C1CC(Br)CN1CCc1ccn[nH]1. The third-order valence-electron chi connectivity index (χ3n) is 2.38. The summed E-state index contributed by atoms with van der Waals surface area (Å²) in [5.74, 6) is 0.242. The van der Waals surface area contributed by atoms with Crippen LogP contribution in [0.4, 0.5) is 0 Å². The molecule has 1 fully saturated rings. The molecule has 14 heavy (non-hydrogen) atoms. The van der Waals surface area contributed by atoms with Crippen LogP contribution in [-0.2, 0) is 11.2 Å². The summed E-state index contributed by atoms with van der Waals surface area (Å²) in [6, 6.07) is 1.94. The van der Waals surface area contributed by atoms with E-state index in [1.807, 2.05) is 11.0 Å². The molecule has 0 radical (unpaired) electrons. The van der Waals surface area contributed by atoms with Crippen molar-refractivity contribution in [3.8, 4) is 0 Å². The summed E-state index contributed by atoms with van der Waals surface area (Å²) >= 11 is 3.46. The van der Waals surface area contributed by atoms with Crippen molar-refractivity contribution in [1.29, 1.82) is 0 Å². The van der Waals surface area contributed by atoms with Gasteiger partial charge in [-0.1, -0.05) is 15.9 Å². The van der Waals surface area contributed by atoms with Gasteiger partial charge in [0.05, 0.1) is 0 Å². The second kappa shape index (κ2) is 4.13. The van der Waals surface area contributed by atoms with Gasteiger partial charge in [0.15, 0.2) is 0 Å². The number of carbonyl (C=O) groups is 1. The maximum atomic E-state index is 11.4. The van der Waals surface area contributed by atoms with Crippen molar-refractivity contribution in [3.63, 3.8) is 0 Å². The number of aromatic amines is 1. The van der Waals surface area contributed by atoms with Crippen LogP contribution in [-0.4, -0.2) is 38.9 Å². The van der Waals surface area contributed by atoms with Crippen LogP contribution in [0.15, 0.2) is 12.3 Å². The first-order valence-electron chi connectivity index (χ1n) is 4.66. The second-order valence-electron chi connectivity index (χ2n) is 3.47. The first-order chi connectivity index (χ1) is 6.75. The quantitative estimate of drug-likeness (QED) is 0.820. The summed E-state index contributed by atoms with van der Waals surface area (Å²) in [5.41, 5.74) is 1.08. The van der Waals surface area contributed by atoms with Gasteiger partial charge in [0.25, 0.3) is 0 Å². The standard InChI is InChI=1S/C9H12BrN3O/c10-7-5-9(14)13(6-7)4-2-8-1-3-11-12-8/h1,3,7H,2,4-6H2,(H,11,12). The Balaban J connectivity index is 1.84. The molecule has 0 aromatic carbocycles. The molecule has 1 aromatic heterocycles. The van der Waals surface area contributed by atoms with E-state index in [0.717, 1.165) is 25.2 Å². The van der Waals surface area contributed by atoms with Crippen molar-refractivity contribution < 1.29 is 4.79 Å². The summed E-state index contributed by atoms with van der Waals surface area (Å²) in [6.45, 7) is 1.61. The first kappa shape index (κ1) is 9.71. The van der Waals surface area contributed by atoms with E-state index in [4.69, 9.17) is 0 Å². The fourth-order valence-corrected chi connectivity index (χ4v) is 2.25. The normalized spacial score (nSPS) is 21.9. The minimum Gasteiger partial charge on any atom is -0.341 e. The molecular formula is C9H12BrN3O. The van der Waals surface area contributed by atoms with Crippen LogP contribution >= 0.6 is 15.9 Å². The first-order valence-corrected chi connectivity index (χ1v) is 5.57. The van der Waals surface area contributed by atoms with Gasteiger partial charge in [-0.05, 0) is 6.07 Å². The molecular weight excluding hydrogens is 246 g/mol. The number of halogens is 1. The summed E-state index contributed by atoms with van der Waals surface area (Å²) in [5, 5.41) is 6.75. The van der Waals surface area contributed by atoms with Gasteiger partial charge in [0.1, 0.15) is 0 Å². The number of hydrogen-bond donors (Lipinski definition) is 1. The Morgan fingerprint density at radius 2 is 2.57 bits per heavy atom. The number of alkyl halides is 1. The molecule has 2 heterocycles. The van der Waals surface area contributed by atoms with E-state index in [2.05, 4.69) is 26.1 Å². The molecule has 0 aliphatic carbocycles. The molecule has 2 rings (SSSR count). The van der Waals surface area contributed by atoms with Crippen LogP contribution in [0.5, 0.6) is 0 Å². The number of hydrogen-bond acceptors (Lipinski definition) is 2. The smallest absolute Gasteiger partial charge is 0.223 e. The number of aromatic nitrogens is 2. The summed E-state index contributed by atoms with van der Waals surface area (Å²) in [4.78, 5) is 13.6. The molecule has 1 atom stereocenters. The number of rotatable bonds is 3. The summed E-state index contributed by atoms with van der Waals surface area (Å²) in [7, 11) is 0. The van der Waals surface area contributed by atoms with Crippen LogP contribution in [0.1, 0.15) is 12.1 Å². The lowest BCUT2D eigenvalue weighted by Crippen LogP contribution is -2.27. The monoisotopic (exact) mass is 257 g/mol. The number of H-pyrrole nitrogens is 1. The van der Waals surface area contributed by atoms with Crippen molar-refractivity contribution in [3.05, 3.63) is 18.0 Å². The minimum atomic E-state index is 0.242. The Kier molecular flexibility index (Phi) is 2.86. The lowest BCUT2D eigenvalue weighted by molar-refractivity contribution is -0.127. The van der Waals surface area contributed by atoms with Crippen molar-refractivity contribution in [2.24, 2.45) is 0 Å². The van der Waals surface area contributed by atoms with Crippen molar-refractivity contribution >= 4 is 21.8 Å². The van der Waals surface area contributed by atoms with E-state index in [1.165, 1.54) is 0 Å². The van der Waals surface area contributed by atoms with Crippen molar-refractivity contribution in [1.82, 2.24) is 15.1 Å². The van der Waals surface area contributed by atoms with Crippen LogP contribution in [0.2, 0.25) is 0 Å². The highest BCUT2D eigenvalue weighted by atomic mass is 79.9. The fourth-order valence-electron chi connectivity index (χ4n) is 1.62. The van der Waals surface area contributed by atoms with Gasteiger partial charge in [-0.2, -0.15) is 5.10 Å². The maximum absolute atomic E-state index is 11.4. The van der Waals surface area contributed by atoms with Gasteiger partial charge in [-0.15, -0.1) is 0 Å². The maximum Gasteiger partial charge on any atom is 0.223 e. The largest absolute Gasteiger partial charge is 0.341 e. The molecule has 5 heteroatoms. The van der Waals surface area contributed by atoms with Gasteiger partial charge in [0, 0.05) is 42.6 Å². The van der Waals surface area contributed by atoms with E-state index in [0.29, 0.717) is 11.2 Å². The Hall–Kier alpha value is -0.840. The van der Waals surface area contributed by atoms with E-state index < -0.39 is 0 Å². The molecule has 1 saturated heterocycles. The number of nitrogens with zero attached hydrogens (tertiary/aromatic N) is 2. The Labute approximate surface area is 90.8 Å². The third-order valence-corrected chi connectivity index (χ3v) is 2.99. The molecule has 1 N–H and O–H groups in total. The molecule has 1 aromatic rings. The molecule has 1 aliphatic heterocycles.